The smallest absolute Gasteiger partial charge is 0.407 e. The molecule has 1 fully saturated rings. The number of imide groups is 1. The molecule has 8 nitrogen and oxygen atoms in total. The molecule has 3 amide bonds. The maximum atomic E-state index is 12.2. The van der Waals surface area contributed by atoms with Gasteiger partial charge in [0.1, 0.15) is 5.60 Å². The lowest BCUT2D eigenvalue weighted by atomic mass is 9.75. The molecule has 0 spiro atoms. The SMILES string of the molecule is CC(C)(C)OC(=O)NCC1CC(C(=O)ON2C(=O)c3ccccc3C2=O)C1. The number of benzene rings is 1. The molecule has 1 aromatic rings. The van der Waals surface area contributed by atoms with Crippen molar-refractivity contribution in [2.75, 3.05) is 6.54 Å². The number of hydroxylamine groups is 2. The van der Waals surface area contributed by atoms with E-state index in [1.807, 2.05) is 0 Å². The van der Waals surface area contributed by atoms with Gasteiger partial charge in [0.2, 0.25) is 0 Å². The summed E-state index contributed by atoms with van der Waals surface area (Å²) in [5.74, 6) is -2.16. The van der Waals surface area contributed by atoms with Crippen LogP contribution in [0.15, 0.2) is 24.3 Å². The summed E-state index contributed by atoms with van der Waals surface area (Å²) in [6.07, 6.45) is 0.523. The monoisotopic (exact) mass is 374 g/mol. The number of nitrogens with zero attached hydrogens (tertiary/aromatic N) is 1. The van der Waals surface area contributed by atoms with E-state index in [2.05, 4.69) is 5.32 Å². The third-order valence-electron chi connectivity index (χ3n) is 4.44. The van der Waals surface area contributed by atoms with Crippen molar-refractivity contribution in [3.05, 3.63) is 35.4 Å². The van der Waals surface area contributed by atoms with E-state index in [4.69, 9.17) is 9.57 Å². The van der Waals surface area contributed by atoms with Gasteiger partial charge in [-0.15, -0.1) is 0 Å². The number of nitrogens with one attached hydrogen (secondary N) is 1. The lowest BCUT2D eigenvalue weighted by molar-refractivity contribution is -0.178. The molecular weight excluding hydrogens is 352 g/mol. The first kappa shape index (κ1) is 18.9. The minimum atomic E-state index is -0.633. The fraction of sp³-hybridized carbons (Fsp3) is 0.474. The highest BCUT2D eigenvalue weighted by molar-refractivity contribution is 6.20. The van der Waals surface area contributed by atoms with Crippen molar-refractivity contribution in [1.29, 1.82) is 0 Å². The van der Waals surface area contributed by atoms with Gasteiger partial charge in [-0.05, 0) is 51.7 Å². The van der Waals surface area contributed by atoms with Gasteiger partial charge in [-0.2, -0.15) is 0 Å². The van der Waals surface area contributed by atoms with Gasteiger partial charge in [0.05, 0.1) is 17.0 Å². The highest BCUT2D eigenvalue weighted by Gasteiger charge is 2.42. The van der Waals surface area contributed by atoms with Crippen molar-refractivity contribution in [3.8, 4) is 0 Å². The zero-order valence-electron chi connectivity index (χ0n) is 15.5. The summed E-state index contributed by atoms with van der Waals surface area (Å²) >= 11 is 0. The van der Waals surface area contributed by atoms with E-state index >= 15 is 0 Å². The second kappa shape index (κ2) is 7.02. The first-order chi connectivity index (χ1) is 12.7. The van der Waals surface area contributed by atoms with Gasteiger partial charge in [0.25, 0.3) is 11.8 Å². The molecule has 3 rings (SSSR count). The van der Waals surface area contributed by atoms with Crippen LogP contribution in [0.1, 0.15) is 54.3 Å². The van der Waals surface area contributed by atoms with Crippen LogP contribution >= 0.6 is 0 Å². The molecule has 1 heterocycles. The molecule has 0 unspecified atom stereocenters. The fourth-order valence-corrected chi connectivity index (χ4v) is 3.05. The van der Waals surface area contributed by atoms with Crippen LogP contribution in [0.5, 0.6) is 0 Å². The molecule has 1 saturated carbocycles. The maximum absolute atomic E-state index is 12.2. The third kappa shape index (κ3) is 4.10. The van der Waals surface area contributed by atoms with Crippen LogP contribution in [0.2, 0.25) is 0 Å². The number of amides is 3. The number of rotatable bonds is 4. The largest absolute Gasteiger partial charge is 0.444 e. The van der Waals surface area contributed by atoms with Crippen LogP contribution in [0.4, 0.5) is 4.79 Å². The first-order valence-electron chi connectivity index (χ1n) is 8.82. The molecular formula is C19H22N2O6. The lowest BCUT2D eigenvalue weighted by Gasteiger charge is -2.34. The Bertz CT molecular complexity index is 757. The Kier molecular flexibility index (Phi) is 4.91. The van der Waals surface area contributed by atoms with E-state index in [9.17, 15) is 19.2 Å². The third-order valence-corrected chi connectivity index (χ3v) is 4.44. The summed E-state index contributed by atoms with van der Waals surface area (Å²) in [6.45, 7) is 5.73. The predicted molar refractivity (Wildman–Crippen MR) is 93.5 cm³/mol. The van der Waals surface area contributed by atoms with Crippen LogP contribution in [0.3, 0.4) is 0 Å². The van der Waals surface area contributed by atoms with Gasteiger partial charge >= 0.3 is 12.1 Å². The molecule has 8 heteroatoms. The van der Waals surface area contributed by atoms with E-state index < -0.39 is 35.4 Å². The van der Waals surface area contributed by atoms with E-state index in [1.54, 1.807) is 32.9 Å². The number of fused-ring (bicyclic) bond motifs is 1. The normalized spacial score (nSPS) is 21.4. The number of ether oxygens (including phenoxy) is 1. The first-order valence-corrected chi connectivity index (χ1v) is 8.82. The number of carbonyl (C=O) groups excluding carboxylic acids is 4. The van der Waals surface area contributed by atoms with Gasteiger partial charge in [-0.3, -0.25) is 9.59 Å². The van der Waals surface area contributed by atoms with Crippen molar-refractivity contribution in [1.82, 2.24) is 10.4 Å². The predicted octanol–water partition coefficient (Wildman–Crippen LogP) is 2.29. The molecule has 0 bridgehead atoms. The van der Waals surface area contributed by atoms with Gasteiger partial charge in [-0.1, -0.05) is 17.2 Å². The quantitative estimate of drug-likeness (QED) is 0.812. The summed E-state index contributed by atoms with van der Waals surface area (Å²) in [5, 5.41) is 3.19. The van der Waals surface area contributed by atoms with Gasteiger partial charge in [0.15, 0.2) is 0 Å². The van der Waals surface area contributed by atoms with Crippen molar-refractivity contribution in [2.24, 2.45) is 11.8 Å². The summed E-state index contributed by atoms with van der Waals surface area (Å²) in [5.41, 5.74) is -0.116. The topological polar surface area (TPSA) is 102 Å². The fourth-order valence-electron chi connectivity index (χ4n) is 3.05. The van der Waals surface area contributed by atoms with Gasteiger partial charge < -0.3 is 14.9 Å². The zero-order valence-corrected chi connectivity index (χ0v) is 15.5. The van der Waals surface area contributed by atoms with Gasteiger partial charge in [0, 0.05) is 6.54 Å². The molecule has 0 saturated heterocycles. The van der Waals surface area contributed by atoms with E-state index in [1.165, 1.54) is 12.1 Å². The number of hydrogen-bond acceptors (Lipinski definition) is 6. The Hall–Kier alpha value is -2.90. The Morgan fingerprint density at radius 1 is 1.11 bits per heavy atom. The minimum Gasteiger partial charge on any atom is -0.444 e. The van der Waals surface area contributed by atoms with Crippen molar-refractivity contribution in [2.45, 2.75) is 39.2 Å². The summed E-state index contributed by atoms with van der Waals surface area (Å²) < 4.78 is 5.15. The molecule has 2 aliphatic rings. The minimum absolute atomic E-state index is 0.122. The van der Waals surface area contributed by atoms with Gasteiger partial charge in [-0.25, -0.2) is 9.59 Å². The molecule has 27 heavy (non-hydrogen) atoms. The molecule has 1 aliphatic heterocycles. The second-order valence-corrected chi connectivity index (χ2v) is 7.78. The molecule has 1 aromatic carbocycles. The lowest BCUT2D eigenvalue weighted by Crippen LogP contribution is -2.43. The zero-order chi connectivity index (χ0) is 19.8. The van der Waals surface area contributed by atoms with Crippen LogP contribution in [-0.2, 0) is 14.4 Å². The Labute approximate surface area is 156 Å². The van der Waals surface area contributed by atoms with Crippen LogP contribution in [0, 0.1) is 11.8 Å². The highest BCUT2D eigenvalue weighted by Crippen LogP contribution is 2.35. The van der Waals surface area contributed by atoms with E-state index in [0.717, 1.165) is 0 Å². The number of hydrogen-bond donors (Lipinski definition) is 1. The average molecular weight is 374 g/mol. The molecule has 1 aliphatic carbocycles. The van der Waals surface area contributed by atoms with Crippen LogP contribution in [-0.4, -0.2) is 41.1 Å². The highest BCUT2D eigenvalue weighted by atomic mass is 16.7. The summed E-state index contributed by atoms with van der Waals surface area (Å²) in [4.78, 5) is 53.3. The van der Waals surface area contributed by atoms with Crippen LogP contribution < -0.4 is 5.32 Å². The Morgan fingerprint density at radius 2 is 1.67 bits per heavy atom. The number of carbonyl (C=O) groups is 4. The van der Waals surface area contributed by atoms with Crippen LogP contribution in [0.25, 0.3) is 0 Å². The Balaban J connectivity index is 1.45. The number of alkyl carbamates (subject to hydrolysis) is 1. The van der Waals surface area contributed by atoms with E-state index in [0.29, 0.717) is 24.4 Å². The van der Waals surface area contributed by atoms with Crippen molar-refractivity contribution >= 4 is 23.9 Å². The maximum Gasteiger partial charge on any atom is 0.407 e. The molecule has 0 radical (unpaired) electrons. The molecule has 1 N–H and O–H groups in total. The Morgan fingerprint density at radius 3 is 2.19 bits per heavy atom. The molecule has 144 valence electrons. The molecule has 0 atom stereocenters. The second-order valence-electron chi connectivity index (χ2n) is 7.78. The standard InChI is InChI=1S/C19H22N2O6/c1-19(2,3)26-18(25)20-10-11-8-12(9-11)17(24)27-21-15(22)13-6-4-5-7-14(13)16(21)23/h4-7,11-12H,8-10H2,1-3H3,(H,20,25). The molecule has 0 aromatic heterocycles. The summed E-state index contributed by atoms with van der Waals surface area (Å²) in [6, 6.07) is 6.32. The van der Waals surface area contributed by atoms with E-state index in [-0.39, 0.29) is 17.0 Å². The van der Waals surface area contributed by atoms with Crippen molar-refractivity contribution in [3.63, 3.8) is 0 Å². The average Bonchev–Trinajstić information content (AvgIpc) is 2.77. The van der Waals surface area contributed by atoms with Crippen molar-refractivity contribution < 1.29 is 28.8 Å². The summed E-state index contributed by atoms with van der Waals surface area (Å²) in [7, 11) is 0.